The molecular weight excluding hydrogens is 345 g/mol. The molecule has 0 atom stereocenters. The van der Waals surface area contributed by atoms with Crippen LogP contribution in [0.5, 0.6) is 0 Å². The topological polar surface area (TPSA) is 53.5 Å². The van der Waals surface area contributed by atoms with Crippen LogP contribution in [0.15, 0.2) is 42.6 Å². The van der Waals surface area contributed by atoms with E-state index in [4.69, 9.17) is 0 Å². The molecule has 1 aromatic carbocycles. The Labute approximate surface area is 158 Å². The van der Waals surface area contributed by atoms with E-state index in [0.29, 0.717) is 38.3 Å². The molecular formula is C21H24FN3O2. The Morgan fingerprint density at radius 3 is 2.48 bits per heavy atom. The van der Waals surface area contributed by atoms with Crippen molar-refractivity contribution in [3.63, 3.8) is 0 Å². The summed E-state index contributed by atoms with van der Waals surface area (Å²) in [5, 5.41) is 0. The molecule has 27 heavy (non-hydrogen) atoms. The zero-order valence-corrected chi connectivity index (χ0v) is 15.7. The molecule has 3 rings (SSSR count). The quantitative estimate of drug-likeness (QED) is 0.735. The minimum atomic E-state index is -0.507. The average Bonchev–Trinajstić information content (AvgIpc) is 2.65. The molecule has 0 spiro atoms. The third kappa shape index (κ3) is 4.51. The summed E-state index contributed by atoms with van der Waals surface area (Å²) in [7, 11) is 1.78. The number of carbonyl (C=O) groups is 2. The highest BCUT2D eigenvalue weighted by Crippen LogP contribution is 2.29. The Kier molecular flexibility index (Phi) is 5.84. The van der Waals surface area contributed by atoms with Crippen LogP contribution in [0, 0.1) is 5.95 Å². The Balaban J connectivity index is 1.48. The number of rotatable bonds is 6. The van der Waals surface area contributed by atoms with E-state index in [1.54, 1.807) is 18.0 Å². The molecule has 0 saturated carbocycles. The zero-order valence-electron chi connectivity index (χ0n) is 15.7. The van der Waals surface area contributed by atoms with Crippen molar-refractivity contribution < 1.29 is 14.0 Å². The monoisotopic (exact) mass is 369 g/mol. The second-order valence-electron chi connectivity index (χ2n) is 6.88. The van der Waals surface area contributed by atoms with Crippen LogP contribution in [0.4, 0.5) is 10.1 Å². The lowest BCUT2D eigenvalue weighted by Gasteiger charge is -2.40. The molecule has 1 saturated heterocycles. The van der Waals surface area contributed by atoms with Crippen molar-refractivity contribution in [1.29, 1.82) is 0 Å². The summed E-state index contributed by atoms with van der Waals surface area (Å²) in [6.45, 7) is 3.27. The summed E-state index contributed by atoms with van der Waals surface area (Å²) in [4.78, 5) is 31.2. The van der Waals surface area contributed by atoms with Crippen LogP contribution in [-0.4, -0.2) is 41.8 Å². The average molecular weight is 369 g/mol. The summed E-state index contributed by atoms with van der Waals surface area (Å²) >= 11 is 0. The van der Waals surface area contributed by atoms with E-state index in [1.807, 2.05) is 36.1 Å². The first-order valence-corrected chi connectivity index (χ1v) is 9.22. The van der Waals surface area contributed by atoms with E-state index >= 15 is 0 Å². The minimum Gasteiger partial charge on any atom is -0.341 e. The zero-order chi connectivity index (χ0) is 19.4. The Hall–Kier alpha value is -2.76. The molecule has 0 radical (unpaired) electrons. The van der Waals surface area contributed by atoms with Gasteiger partial charge in [0.15, 0.2) is 0 Å². The molecule has 1 aliphatic rings. The Morgan fingerprint density at radius 2 is 1.89 bits per heavy atom. The number of nitrogens with zero attached hydrogens (tertiary/aromatic N) is 3. The molecule has 0 N–H and O–H groups in total. The molecule has 2 amide bonds. The van der Waals surface area contributed by atoms with Crippen molar-refractivity contribution in [3.8, 4) is 0 Å². The van der Waals surface area contributed by atoms with Crippen molar-refractivity contribution in [1.82, 2.24) is 9.88 Å². The normalized spacial score (nSPS) is 14.0. The molecule has 5 nitrogen and oxygen atoms in total. The molecule has 2 heterocycles. The van der Waals surface area contributed by atoms with Crippen LogP contribution in [0.3, 0.4) is 0 Å². The van der Waals surface area contributed by atoms with Crippen molar-refractivity contribution in [2.45, 2.75) is 32.1 Å². The largest absolute Gasteiger partial charge is 0.341 e. The second-order valence-corrected chi connectivity index (χ2v) is 6.88. The van der Waals surface area contributed by atoms with Gasteiger partial charge in [0.25, 0.3) is 0 Å². The van der Waals surface area contributed by atoms with Gasteiger partial charge in [-0.15, -0.1) is 0 Å². The molecule has 0 aliphatic carbocycles. The van der Waals surface area contributed by atoms with Gasteiger partial charge in [-0.3, -0.25) is 9.59 Å². The number of hydrogen-bond donors (Lipinski definition) is 0. The molecule has 2 aromatic rings. The van der Waals surface area contributed by atoms with Crippen LogP contribution in [0.2, 0.25) is 0 Å². The summed E-state index contributed by atoms with van der Waals surface area (Å²) < 4.78 is 12.8. The molecule has 1 fully saturated rings. The van der Waals surface area contributed by atoms with Gasteiger partial charge in [0.2, 0.25) is 17.8 Å². The number of pyridine rings is 1. The van der Waals surface area contributed by atoms with Crippen molar-refractivity contribution in [3.05, 3.63) is 59.7 Å². The lowest BCUT2D eigenvalue weighted by Crippen LogP contribution is -2.48. The summed E-state index contributed by atoms with van der Waals surface area (Å²) in [5.74, 6) is 0.0228. The van der Waals surface area contributed by atoms with E-state index in [9.17, 15) is 14.0 Å². The van der Waals surface area contributed by atoms with E-state index in [0.717, 1.165) is 11.3 Å². The number of likely N-dealkylation sites (tertiary alicyclic amines) is 1. The third-order valence-electron chi connectivity index (χ3n) is 5.08. The fourth-order valence-electron chi connectivity index (χ4n) is 3.21. The van der Waals surface area contributed by atoms with Crippen LogP contribution in [-0.2, 0) is 16.0 Å². The number of anilines is 1. The van der Waals surface area contributed by atoms with Gasteiger partial charge < -0.3 is 9.80 Å². The highest BCUT2D eigenvalue weighted by atomic mass is 19.1. The van der Waals surface area contributed by atoms with Crippen molar-refractivity contribution in [2.75, 3.05) is 25.0 Å². The number of aromatic nitrogens is 1. The SMILES string of the molecule is CCC(=O)N(C)c1ccc(C2CN(C(=O)CCc3ccc(F)nc3)C2)cc1. The lowest BCUT2D eigenvalue weighted by molar-refractivity contribution is -0.135. The Bertz CT molecular complexity index is 799. The molecule has 1 aliphatic heterocycles. The molecule has 142 valence electrons. The highest BCUT2D eigenvalue weighted by Gasteiger charge is 2.31. The first-order valence-electron chi connectivity index (χ1n) is 9.22. The van der Waals surface area contributed by atoms with E-state index in [-0.39, 0.29) is 11.8 Å². The fourth-order valence-corrected chi connectivity index (χ4v) is 3.21. The van der Waals surface area contributed by atoms with Crippen LogP contribution in [0.1, 0.15) is 36.8 Å². The van der Waals surface area contributed by atoms with Crippen LogP contribution < -0.4 is 4.90 Å². The third-order valence-corrected chi connectivity index (χ3v) is 5.08. The number of carbonyl (C=O) groups excluding carboxylic acids is 2. The standard InChI is InChI=1S/C21H24FN3O2/c1-3-20(26)24(2)18-8-6-16(7-9-18)17-13-25(14-17)21(27)11-5-15-4-10-19(22)23-12-15/h4,6-10,12,17H,3,5,11,13-14H2,1-2H3. The predicted molar refractivity (Wildman–Crippen MR) is 102 cm³/mol. The van der Waals surface area contributed by atoms with Gasteiger partial charge in [-0.05, 0) is 35.7 Å². The fraction of sp³-hybridized carbons (Fsp3) is 0.381. The van der Waals surface area contributed by atoms with Gasteiger partial charge in [0.1, 0.15) is 0 Å². The maximum Gasteiger partial charge on any atom is 0.226 e. The van der Waals surface area contributed by atoms with Gasteiger partial charge in [-0.25, -0.2) is 4.98 Å². The second kappa shape index (κ2) is 8.29. The smallest absolute Gasteiger partial charge is 0.226 e. The Morgan fingerprint density at radius 1 is 1.19 bits per heavy atom. The summed E-state index contributed by atoms with van der Waals surface area (Å²) in [6.07, 6.45) is 2.93. The maximum atomic E-state index is 12.8. The van der Waals surface area contributed by atoms with E-state index < -0.39 is 5.95 Å². The van der Waals surface area contributed by atoms with Gasteiger partial charge in [-0.2, -0.15) is 4.39 Å². The van der Waals surface area contributed by atoms with Crippen molar-refractivity contribution in [2.24, 2.45) is 0 Å². The van der Waals surface area contributed by atoms with Gasteiger partial charge in [0.05, 0.1) is 0 Å². The van der Waals surface area contributed by atoms with Gasteiger partial charge in [0, 0.05) is 50.8 Å². The van der Waals surface area contributed by atoms with Crippen LogP contribution in [0.25, 0.3) is 0 Å². The van der Waals surface area contributed by atoms with E-state index in [1.165, 1.54) is 17.8 Å². The maximum absolute atomic E-state index is 12.8. The molecule has 1 aromatic heterocycles. The number of halogens is 1. The number of aryl methyl sites for hydroxylation is 1. The highest BCUT2D eigenvalue weighted by molar-refractivity contribution is 5.92. The van der Waals surface area contributed by atoms with Crippen LogP contribution >= 0.6 is 0 Å². The van der Waals surface area contributed by atoms with E-state index in [2.05, 4.69) is 4.98 Å². The molecule has 0 unspecified atom stereocenters. The minimum absolute atomic E-state index is 0.0829. The predicted octanol–water partition coefficient (Wildman–Crippen LogP) is 3.15. The first kappa shape index (κ1) is 19.0. The number of amides is 2. The number of benzene rings is 1. The molecule has 0 bridgehead atoms. The van der Waals surface area contributed by atoms with Gasteiger partial charge in [-0.1, -0.05) is 25.1 Å². The van der Waals surface area contributed by atoms with Crippen molar-refractivity contribution >= 4 is 17.5 Å². The summed E-state index contributed by atoms with van der Waals surface area (Å²) in [5.41, 5.74) is 2.93. The van der Waals surface area contributed by atoms with Gasteiger partial charge >= 0.3 is 0 Å². The lowest BCUT2D eigenvalue weighted by atomic mass is 9.91. The first-order chi connectivity index (χ1) is 13.0. The number of hydrogen-bond acceptors (Lipinski definition) is 3. The molecule has 6 heteroatoms. The summed E-state index contributed by atoms with van der Waals surface area (Å²) in [6, 6.07) is 11.0.